The van der Waals surface area contributed by atoms with Crippen LogP contribution in [-0.4, -0.2) is 39.5 Å². The van der Waals surface area contributed by atoms with Crippen LogP contribution in [0.5, 0.6) is 0 Å². The smallest absolute Gasteiger partial charge is 0.244 e. The Morgan fingerprint density at radius 1 is 1.16 bits per heavy atom. The maximum atomic E-state index is 12.7. The molecule has 1 aromatic carbocycles. The first-order chi connectivity index (χ1) is 11.6. The number of halogens is 2. The van der Waals surface area contributed by atoms with Crippen molar-refractivity contribution in [1.82, 2.24) is 4.31 Å². The van der Waals surface area contributed by atoms with Crippen LogP contribution < -0.4 is 0 Å². The molecule has 1 fully saturated rings. The average molecular weight is 424 g/mol. The maximum absolute atomic E-state index is 12.7. The number of sulfone groups is 1. The SMILES string of the molecule is Cc1cc(S(=O)(=O)N2CC(S(=O)(=O)Cc3ccco3)C2)c(Cl)cc1Cl. The van der Waals surface area contributed by atoms with Crippen molar-refractivity contribution in [1.29, 1.82) is 0 Å². The monoisotopic (exact) mass is 423 g/mol. The summed E-state index contributed by atoms with van der Waals surface area (Å²) < 4.78 is 56.2. The zero-order chi connectivity index (χ0) is 18.4. The highest BCUT2D eigenvalue weighted by Crippen LogP contribution is 2.33. The summed E-state index contributed by atoms with van der Waals surface area (Å²) in [5.74, 6) is 0.0806. The Morgan fingerprint density at radius 2 is 1.84 bits per heavy atom. The molecular formula is C15H15Cl2NO5S2. The lowest BCUT2D eigenvalue weighted by atomic mass is 10.2. The van der Waals surface area contributed by atoms with Gasteiger partial charge in [0, 0.05) is 18.1 Å². The van der Waals surface area contributed by atoms with Crippen LogP contribution in [0.4, 0.5) is 0 Å². The van der Waals surface area contributed by atoms with E-state index in [2.05, 4.69) is 0 Å². The van der Waals surface area contributed by atoms with E-state index in [1.807, 2.05) is 0 Å². The molecule has 136 valence electrons. The summed E-state index contributed by atoms with van der Waals surface area (Å²) in [6.45, 7) is 1.46. The third-order valence-electron chi connectivity index (χ3n) is 4.08. The quantitative estimate of drug-likeness (QED) is 0.737. The number of sulfonamides is 1. The summed E-state index contributed by atoms with van der Waals surface area (Å²) in [7, 11) is -7.37. The highest BCUT2D eigenvalue weighted by Gasteiger charge is 2.44. The van der Waals surface area contributed by atoms with Crippen molar-refractivity contribution in [3.63, 3.8) is 0 Å². The molecule has 0 spiro atoms. The van der Waals surface area contributed by atoms with Crippen molar-refractivity contribution in [3.05, 3.63) is 51.9 Å². The fourth-order valence-electron chi connectivity index (χ4n) is 2.50. The molecule has 0 radical (unpaired) electrons. The van der Waals surface area contributed by atoms with E-state index in [4.69, 9.17) is 27.6 Å². The molecule has 1 aliphatic rings. The lowest BCUT2D eigenvalue weighted by Gasteiger charge is -2.37. The predicted molar refractivity (Wildman–Crippen MR) is 95.1 cm³/mol. The Kier molecular flexibility index (Phi) is 4.93. The van der Waals surface area contributed by atoms with Gasteiger partial charge in [-0.05, 0) is 36.8 Å². The molecular weight excluding hydrogens is 409 g/mol. The summed E-state index contributed by atoms with van der Waals surface area (Å²) in [6.07, 6.45) is 1.40. The lowest BCUT2D eigenvalue weighted by molar-refractivity contribution is 0.309. The summed E-state index contributed by atoms with van der Waals surface area (Å²) in [5, 5.41) is -0.386. The first-order valence-corrected chi connectivity index (χ1v) is 11.2. The van der Waals surface area contributed by atoms with Crippen LogP contribution in [0.15, 0.2) is 39.8 Å². The molecule has 10 heteroatoms. The molecule has 3 rings (SSSR count). The third-order valence-corrected chi connectivity index (χ3v) is 8.78. The number of aryl methyl sites for hydroxylation is 1. The fraction of sp³-hybridized carbons (Fsp3) is 0.333. The van der Waals surface area contributed by atoms with E-state index in [1.165, 1.54) is 18.4 Å². The van der Waals surface area contributed by atoms with E-state index in [9.17, 15) is 16.8 Å². The summed E-state index contributed by atoms with van der Waals surface area (Å²) in [5.41, 5.74) is 0.576. The molecule has 2 heterocycles. The second kappa shape index (κ2) is 6.59. The Labute approximate surface area is 156 Å². The minimum Gasteiger partial charge on any atom is -0.468 e. The van der Waals surface area contributed by atoms with Gasteiger partial charge in [0.15, 0.2) is 9.84 Å². The van der Waals surface area contributed by atoms with Crippen LogP contribution >= 0.6 is 23.2 Å². The standard InChI is InChI=1S/C15H15Cl2NO5S2/c1-10-5-15(14(17)6-13(10)16)25(21,22)18-7-12(8-18)24(19,20)9-11-3-2-4-23-11/h2-6,12H,7-9H2,1H3. The van der Waals surface area contributed by atoms with Crippen molar-refractivity contribution in [2.45, 2.75) is 22.8 Å². The van der Waals surface area contributed by atoms with Crippen LogP contribution in [0.2, 0.25) is 10.0 Å². The van der Waals surface area contributed by atoms with E-state index < -0.39 is 25.1 Å². The predicted octanol–water partition coefficient (Wildman–Crippen LogP) is 2.88. The molecule has 1 aliphatic heterocycles. The van der Waals surface area contributed by atoms with Crippen LogP contribution in [0, 0.1) is 6.92 Å². The highest BCUT2D eigenvalue weighted by atomic mass is 35.5. The maximum Gasteiger partial charge on any atom is 0.244 e. The van der Waals surface area contributed by atoms with Crippen molar-refractivity contribution in [2.75, 3.05) is 13.1 Å². The normalized spacial score (nSPS) is 16.8. The number of rotatable bonds is 5. The molecule has 0 N–H and O–H groups in total. The van der Waals surface area contributed by atoms with Gasteiger partial charge >= 0.3 is 0 Å². The molecule has 0 saturated carbocycles. The molecule has 0 bridgehead atoms. The number of hydrogen-bond acceptors (Lipinski definition) is 5. The van der Waals surface area contributed by atoms with Gasteiger partial charge in [-0.1, -0.05) is 23.2 Å². The molecule has 0 unspecified atom stereocenters. The third kappa shape index (κ3) is 3.59. The van der Waals surface area contributed by atoms with Gasteiger partial charge in [-0.2, -0.15) is 4.31 Å². The van der Waals surface area contributed by atoms with Crippen LogP contribution in [0.3, 0.4) is 0 Å². The minimum absolute atomic E-state index is 0.0116. The van der Waals surface area contributed by atoms with E-state index in [0.717, 1.165) is 4.31 Å². The summed E-state index contributed by atoms with van der Waals surface area (Å²) >= 11 is 11.9. The molecule has 6 nitrogen and oxygen atoms in total. The second-order valence-corrected chi connectivity index (χ2v) is 10.9. The zero-order valence-electron chi connectivity index (χ0n) is 13.1. The van der Waals surface area contributed by atoms with Gasteiger partial charge in [-0.25, -0.2) is 16.8 Å². The number of nitrogens with zero attached hydrogens (tertiary/aromatic N) is 1. The Bertz CT molecular complexity index is 995. The van der Waals surface area contributed by atoms with Crippen molar-refractivity contribution in [3.8, 4) is 0 Å². The van der Waals surface area contributed by atoms with Crippen molar-refractivity contribution in [2.24, 2.45) is 0 Å². The number of benzene rings is 1. The summed E-state index contributed by atoms with van der Waals surface area (Å²) in [6, 6.07) is 5.94. The molecule has 0 amide bonds. The highest BCUT2D eigenvalue weighted by molar-refractivity contribution is 7.92. The van der Waals surface area contributed by atoms with E-state index >= 15 is 0 Å². The molecule has 1 saturated heterocycles. The lowest BCUT2D eigenvalue weighted by Crippen LogP contribution is -2.56. The van der Waals surface area contributed by atoms with Crippen molar-refractivity contribution < 1.29 is 21.3 Å². The zero-order valence-corrected chi connectivity index (χ0v) is 16.3. The Hall–Kier alpha value is -1.06. The molecule has 0 atom stereocenters. The summed E-state index contributed by atoms with van der Waals surface area (Å²) in [4.78, 5) is -0.0713. The number of hydrogen-bond donors (Lipinski definition) is 0. The van der Waals surface area contributed by atoms with E-state index in [1.54, 1.807) is 19.1 Å². The first kappa shape index (κ1) is 18.7. The topological polar surface area (TPSA) is 84.7 Å². The van der Waals surface area contributed by atoms with Gasteiger partial charge in [0.05, 0.1) is 16.5 Å². The molecule has 25 heavy (non-hydrogen) atoms. The van der Waals surface area contributed by atoms with Crippen LogP contribution in [0.1, 0.15) is 11.3 Å². The van der Waals surface area contributed by atoms with Gasteiger partial charge in [0.2, 0.25) is 10.0 Å². The van der Waals surface area contributed by atoms with E-state index in [0.29, 0.717) is 16.3 Å². The van der Waals surface area contributed by atoms with Gasteiger partial charge < -0.3 is 4.42 Å². The van der Waals surface area contributed by atoms with Crippen LogP contribution in [0.25, 0.3) is 0 Å². The first-order valence-electron chi connectivity index (χ1n) is 7.31. The Balaban J connectivity index is 1.76. The molecule has 2 aromatic rings. The minimum atomic E-state index is -3.87. The van der Waals surface area contributed by atoms with Gasteiger partial charge in [0.25, 0.3) is 0 Å². The van der Waals surface area contributed by atoms with Crippen LogP contribution in [-0.2, 0) is 25.6 Å². The number of furan rings is 1. The average Bonchev–Trinajstić information content (AvgIpc) is 2.92. The Morgan fingerprint density at radius 3 is 2.44 bits per heavy atom. The fourth-order valence-corrected chi connectivity index (χ4v) is 6.64. The van der Waals surface area contributed by atoms with Gasteiger partial charge in [0.1, 0.15) is 16.4 Å². The second-order valence-electron chi connectivity index (χ2n) is 5.86. The largest absolute Gasteiger partial charge is 0.468 e. The van der Waals surface area contributed by atoms with Crippen molar-refractivity contribution >= 4 is 43.1 Å². The molecule has 1 aromatic heterocycles. The molecule has 0 aliphatic carbocycles. The van der Waals surface area contributed by atoms with E-state index in [-0.39, 0.29) is 28.8 Å². The van der Waals surface area contributed by atoms with Gasteiger partial charge in [-0.3, -0.25) is 0 Å². The van der Waals surface area contributed by atoms with Gasteiger partial charge in [-0.15, -0.1) is 0 Å².